The van der Waals surface area contributed by atoms with Gasteiger partial charge in [-0.25, -0.2) is 0 Å². The summed E-state index contributed by atoms with van der Waals surface area (Å²) in [7, 11) is 0. The second kappa shape index (κ2) is 69.1. The SMILES string of the molecule is CC/C=C\C/C=C\C/C=C\C/C=C\C/C=C\C/C=C\CCCCCCCCCCCCC(=O)OCC(COC(=O)CCCCCCCCC)OC(=O)CCCCCCCCCCCCCCCCC/C=C\CCCCCCCCCC. The molecule has 0 saturated heterocycles. The number of ether oxygens (including phenoxy) is 3. The fraction of sp³-hybridized carbons (Fsp3) is 0.773. The van der Waals surface area contributed by atoms with Gasteiger partial charge in [-0.1, -0.05) is 324 Å². The molecule has 81 heavy (non-hydrogen) atoms. The lowest BCUT2D eigenvalue weighted by Crippen LogP contribution is -2.30. The Morgan fingerprint density at radius 2 is 0.481 bits per heavy atom. The van der Waals surface area contributed by atoms with E-state index in [1.807, 2.05) is 0 Å². The van der Waals surface area contributed by atoms with Gasteiger partial charge in [0.25, 0.3) is 0 Å². The highest BCUT2D eigenvalue weighted by Crippen LogP contribution is 2.17. The van der Waals surface area contributed by atoms with Crippen molar-refractivity contribution in [1.82, 2.24) is 0 Å². The molecule has 0 N–H and O–H groups in total. The third kappa shape index (κ3) is 67.3. The number of rotatable bonds is 64. The van der Waals surface area contributed by atoms with Crippen molar-refractivity contribution < 1.29 is 28.6 Å². The van der Waals surface area contributed by atoms with Gasteiger partial charge in [-0.15, -0.1) is 0 Å². The molecule has 0 heterocycles. The van der Waals surface area contributed by atoms with E-state index in [4.69, 9.17) is 14.2 Å². The summed E-state index contributed by atoms with van der Waals surface area (Å²) in [4.78, 5) is 38.2. The Morgan fingerprint density at radius 3 is 0.765 bits per heavy atom. The summed E-state index contributed by atoms with van der Waals surface area (Å²) in [6.07, 6.45) is 92.1. The lowest BCUT2D eigenvalue weighted by atomic mass is 10.0. The minimum atomic E-state index is -0.775. The minimum Gasteiger partial charge on any atom is -0.462 e. The zero-order valence-corrected chi connectivity index (χ0v) is 53.8. The number of hydrogen-bond acceptors (Lipinski definition) is 6. The summed E-state index contributed by atoms with van der Waals surface area (Å²) >= 11 is 0. The molecule has 0 aromatic heterocycles. The molecule has 0 spiro atoms. The van der Waals surface area contributed by atoms with E-state index >= 15 is 0 Å². The third-order valence-corrected chi connectivity index (χ3v) is 15.4. The maximum atomic E-state index is 12.9. The Bertz CT molecular complexity index is 1530. The topological polar surface area (TPSA) is 78.9 Å². The quantitative estimate of drug-likeness (QED) is 0.0261. The molecule has 6 heteroatoms. The van der Waals surface area contributed by atoms with E-state index in [1.165, 1.54) is 218 Å². The van der Waals surface area contributed by atoms with Crippen molar-refractivity contribution in [2.24, 2.45) is 0 Å². The van der Waals surface area contributed by atoms with Crippen molar-refractivity contribution >= 4 is 17.9 Å². The van der Waals surface area contributed by atoms with Gasteiger partial charge in [0, 0.05) is 19.3 Å². The lowest BCUT2D eigenvalue weighted by Gasteiger charge is -2.18. The van der Waals surface area contributed by atoms with Crippen molar-refractivity contribution in [3.8, 4) is 0 Å². The molecule has 0 rings (SSSR count). The molecule has 6 nitrogen and oxygen atoms in total. The van der Waals surface area contributed by atoms with Crippen LogP contribution in [0.25, 0.3) is 0 Å². The molecule has 1 atom stereocenters. The van der Waals surface area contributed by atoms with Crippen LogP contribution < -0.4 is 0 Å². The van der Waals surface area contributed by atoms with E-state index in [1.54, 1.807) is 0 Å². The van der Waals surface area contributed by atoms with E-state index in [0.717, 1.165) is 96.3 Å². The largest absolute Gasteiger partial charge is 0.462 e. The van der Waals surface area contributed by atoms with Gasteiger partial charge < -0.3 is 14.2 Å². The summed E-state index contributed by atoms with van der Waals surface area (Å²) < 4.78 is 16.9. The maximum Gasteiger partial charge on any atom is 0.306 e. The fourth-order valence-corrected chi connectivity index (χ4v) is 10.2. The first-order valence-electron chi connectivity index (χ1n) is 35.1. The predicted octanol–water partition coefficient (Wildman–Crippen LogP) is 24.2. The summed E-state index contributed by atoms with van der Waals surface area (Å²) in [6.45, 7) is 6.52. The first-order valence-corrected chi connectivity index (χ1v) is 35.1. The van der Waals surface area contributed by atoms with Crippen LogP contribution in [0.4, 0.5) is 0 Å². The minimum absolute atomic E-state index is 0.0740. The summed E-state index contributed by atoms with van der Waals surface area (Å²) in [5.41, 5.74) is 0. The second-order valence-electron chi connectivity index (χ2n) is 23.4. The van der Waals surface area contributed by atoms with Gasteiger partial charge in [0.1, 0.15) is 13.2 Å². The van der Waals surface area contributed by atoms with Gasteiger partial charge in [0.05, 0.1) is 0 Å². The van der Waals surface area contributed by atoms with Crippen LogP contribution in [0.5, 0.6) is 0 Å². The van der Waals surface area contributed by atoms with Crippen LogP contribution in [0.1, 0.15) is 355 Å². The van der Waals surface area contributed by atoms with Gasteiger partial charge in [-0.2, -0.15) is 0 Å². The summed E-state index contributed by atoms with van der Waals surface area (Å²) in [5, 5.41) is 0. The smallest absolute Gasteiger partial charge is 0.306 e. The number of hydrogen-bond donors (Lipinski definition) is 0. The van der Waals surface area contributed by atoms with Crippen LogP contribution in [0, 0.1) is 0 Å². The standard InChI is InChI=1S/C75H132O6/c1-4-7-10-13-16-18-20-22-24-26-28-30-32-34-36-37-39-40-42-44-46-48-50-52-54-56-59-62-65-68-74(77)80-71-72(70-79-73(76)67-64-61-58-15-12-9-6-3)81-75(78)69-66-63-60-57-55-53-51-49-47-45-43-41-38-35-33-31-29-27-25-23-21-19-17-14-11-8-5-2/h7,10,16,18,22,24,27-30,34,36,39-40,72H,4-6,8-9,11-15,17,19-21,23,25-26,31-33,35,37-38,41-71H2,1-3H3/b10-7-,18-16-,24-22-,29-27-,30-28-,36-34-,40-39-. The molecule has 0 aliphatic carbocycles. The van der Waals surface area contributed by atoms with Gasteiger partial charge in [0.15, 0.2) is 6.10 Å². The predicted molar refractivity (Wildman–Crippen MR) is 353 cm³/mol. The Morgan fingerprint density at radius 1 is 0.259 bits per heavy atom. The van der Waals surface area contributed by atoms with Crippen LogP contribution in [-0.2, 0) is 28.6 Å². The first-order chi connectivity index (χ1) is 40.0. The Kier molecular flexibility index (Phi) is 66.2. The Labute approximate surface area is 503 Å². The Hall–Kier alpha value is -3.41. The zero-order valence-electron chi connectivity index (χ0n) is 53.8. The monoisotopic (exact) mass is 1130 g/mol. The molecule has 0 aromatic rings. The molecule has 468 valence electrons. The first kappa shape index (κ1) is 77.6. The molecular formula is C75H132O6. The maximum absolute atomic E-state index is 12.9. The van der Waals surface area contributed by atoms with E-state index in [9.17, 15) is 14.4 Å². The molecule has 0 aliphatic heterocycles. The average molecular weight is 1130 g/mol. The lowest BCUT2D eigenvalue weighted by molar-refractivity contribution is -0.167. The van der Waals surface area contributed by atoms with Crippen LogP contribution in [0.2, 0.25) is 0 Å². The van der Waals surface area contributed by atoms with Gasteiger partial charge in [-0.05, 0) is 96.3 Å². The molecule has 0 amide bonds. The fourth-order valence-electron chi connectivity index (χ4n) is 10.2. The van der Waals surface area contributed by atoms with Gasteiger partial charge in [-0.3, -0.25) is 14.4 Å². The second-order valence-corrected chi connectivity index (χ2v) is 23.4. The summed E-state index contributed by atoms with van der Waals surface area (Å²) in [6, 6.07) is 0. The highest BCUT2D eigenvalue weighted by molar-refractivity contribution is 5.71. The molecule has 1 unspecified atom stereocenters. The number of carbonyl (C=O) groups excluding carboxylic acids is 3. The molecule has 0 bridgehead atoms. The molecule has 0 fully saturated rings. The van der Waals surface area contributed by atoms with E-state index < -0.39 is 6.10 Å². The van der Waals surface area contributed by atoms with Crippen molar-refractivity contribution in [3.05, 3.63) is 85.1 Å². The highest BCUT2D eigenvalue weighted by Gasteiger charge is 2.19. The van der Waals surface area contributed by atoms with Crippen LogP contribution in [-0.4, -0.2) is 37.2 Å². The number of carbonyl (C=O) groups is 3. The zero-order chi connectivity index (χ0) is 58.5. The normalized spacial score (nSPS) is 12.6. The van der Waals surface area contributed by atoms with Crippen LogP contribution in [0.15, 0.2) is 85.1 Å². The molecule has 0 aliphatic rings. The number of esters is 3. The molecule has 0 radical (unpaired) electrons. The molecular weight excluding hydrogens is 997 g/mol. The van der Waals surface area contributed by atoms with Gasteiger partial charge >= 0.3 is 17.9 Å². The van der Waals surface area contributed by atoms with Crippen LogP contribution in [0.3, 0.4) is 0 Å². The van der Waals surface area contributed by atoms with Crippen molar-refractivity contribution in [1.29, 1.82) is 0 Å². The number of allylic oxidation sites excluding steroid dienone is 14. The van der Waals surface area contributed by atoms with E-state index in [0.29, 0.717) is 19.3 Å². The van der Waals surface area contributed by atoms with Crippen molar-refractivity contribution in [2.75, 3.05) is 13.2 Å². The number of unbranched alkanes of at least 4 members (excludes halogenated alkanes) is 39. The van der Waals surface area contributed by atoms with Crippen LogP contribution >= 0.6 is 0 Å². The molecule has 0 aromatic carbocycles. The highest BCUT2D eigenvalue weighted by atomic mass is 16.6. The van der Waals surface area contributed by atoms with Crippen molar-refractivity contribution in [2.45, 2.75) is 361 Å². The van der Waals surface area contributed by atoms with E-state index in [-0.39, 0.29) is 31.1 Å². The summed E-state index contributed by atoms with van der Waals surface area (Å²) in [5.74, 6) is -0.869. The Balaban J connectivity index is 4.08. The average Bonchev–Trinajstić information content (AvgIpc) is 3.47. The van der Waals surface area contributed by atoms with Crippen molar-refractivity contribution in [3.63, 3.8) is 0 Å². The van der Waals surface area contributed by atoms with E-state index in [2.05, 4.69) is 106 Å². The van der Waals surface area contributed by atoms with Gasteiger partial charge in [0.2, 0.25) is 0 Å². The molecule has 0 saturated carbocycles. The third-order valence-electron chi connectivity index (χ3n) is 15.4.